The molecule has 108 valence electrons. The van der Waals surface area contributed by atoms with Crippen LogP contribution in [0.3, 0.4) is 0 Å². The number of halogens is 1. The standard InChI is InChI=1S/C12H19N3O2S.ClH/c1-10-4-3-7-15(12(10)8-13)18(16,17)11-5-2-6-14-9-11;/h2,5-6,9-10,12H,3-4,7-8,13H2,1H3;1H. The second-order valence-electron chi connectivity index (χ2n) is 4.73. The summed E-state index contributed by atoms with van der Waals surface area (Å²) in [4.78, 5) is 4.13. The number of nitrogens with two attached hydrogens (primary N) is 1. The van der Waals surface area contributed by atoms with Crippen LogP contribution in [0.1, 0.15) is 19.8 Å². The Morgan fingerprint density at radius 1 is 1.53 bits per heavy atom. The van der Waals surface area contributed by atoms with Gasteiger partial charge in [-0.15, -0.1) is 12.4 Å². The highest BCUT2D eigenvalue weighted by Gasteiger charge is 2.36. The normalized spacial score (nSPS) is 24.7. The van der Waals surface area contributed by atoms with Gasteiger partial charge in [0.15, 0.2) is 0 Å². The lowest BCUT2D eigenvalue weighted by Gasteiger charge is -2.38. The Bertz CT molecular complexity index is 495. The number of rotatable bonds is 3. The van der Waals surface area contributed by atoms with Crippen molar-refractivity contribution >= 4 is 22.4 Å². The molecule has 2 atom stereocenters. The average molecular weight is 306 g/mol. The van der Waals surface area contributed by atoms with Gasteiger partial charge in [0.25, 0.3) is 0 Å². The predicted octanol–water partition coefficient (Wildman–Crippen LogP) is 1.25. The topological polar surface area (TPSA) is 76.3 Å². The average Bonchev–Trinajstić information content (AvgIpc) is 2.39. The van der Waals surface area contributed by atoms with Crippen molar-refractivity contribution in [2.45, 2.75) is 30.7 Å². The van der Waals surface area contributed by atoms with Gasteiger partial charge < -0.3 is 5.73 Å². The first-order valence-electron chi connectivity index (χ1n) is 6.19. The van der Waals surface area contributed by atoms with E-state index in [1.807, 2.05) is 0 Å². The zero-order valence-electron chi connectivity index (χ0n) is 10.9. The Kier molecular flexibility index (Phi) is 5.73. The van der Waals surface area contributed by atoms with Crippen LogP contribution in [0.4, 0.5) is 0 Å². The van der Waals surface area contributed by atoms with Crippen LogP contribution < -0.4 is 5.73 Å². The van der Waals surface area contributed by atoms with E-state index < -0.39 is 10.0 Å². The van der Waals surface area contributed by atoms with E-state index in [-0.39, 0.29) is 23.3 Å². The summed E-state index contributed by atoms with van der Waals surface area (Å²) < 4.78 is 26.6. The van der Waals surface area contributed by atoms with E-state index in [1.165, 1.54) is 10.5 Å². The molecule has 0 radical (unpaired) electrons. The number of hydrogen-bond donors (Lipinski definition) is 1. The second kappa shape index (κ2) is 6.65. The number of sulfonamides is 1. The Morgan fingerprint density at radius 2 is 2.26 bits per heavy atom. The number of nitrogens with zero attached hydrogens (tertiary/aromatic N) is 2. The van der Waals surface area contributed by atoms with E-state index >= 15 is 0 Å². The zero-order valence-corrected chi connectivity index (χ0v) is 12.5. The predicted molar refractivity (Wildman–Crippen MR) is 76.6 cm³/mol. The van der Waals surface area contributed by atoms with Crippen molar-refractivity contribution in [2.24, 2.45) is 11.7 Å². The van der Waals surface area contributed by atoms with Crippen LogP contribution in [-0.4, -0.2) is 36.8 Å². The van der Waals surface area contributed by atoms with Gasteiger partial charge in [0.2, 0.25) is 10.0 Å². The Hall–Kier alpha value is -0.690. The fraction of sp³-hybridized carbons (Fsp3) is 0.583. The van der Waals surface area contributed by atoms with Gasteiger partial charge in [-0.1, -0.05) is 6.92 Å². The smallest absolute Gasteiger partial charge is 0.244 e. The largest absolute Gasteiger partial charge is 0.329 e. The minimum atomic E-state index is -3.47. The molecule has 7 heteroatoms. The second-order valence-corrected chi connectivity index (χ2v) is 6.62. The lowest BCUT2D eigenvalue weighted by atomic mass is 9.93. The van der Waals surface area contributed by atoms with E-state index in [2.05, 4.69) is 11.9 Å². The maximum absolute atomic E-state index is 12.5. The van der Waals surface area contributed by atoms with Crippen molar-refractivity contribution in [3.8, 4) is 0 Å². The molecule has 0 bridgehead atoms. The fourth-order valence-electron chi connectivity index (χ4n) is 2.49. The lowest BCUT2D eigenvalue weighted by molar-refractivity contribution is 0.192. The molecule has 1 aromatic rings. The maximum Gasteiger partial charge on any atom is 0.244 e. The van der Waals surface area contributed by atoms with Gasteiger partial charge >= 0.3 is 0 Å². The third-order valence-corrected chi connectivity index (χ3v) is 5.46. The first-order valence-corrected chi connectivity index (χ1v) is 7.63. The quantitative estimate of drug-likeness (QED) is 0.912. The van der Waals surface area contributed by atoms with Crippen LogP contribution in [-0.2, 0) is 10.0 Å². The number of piperidine rings is 1. The van der Waals surface area contributed by atoms with E-state index in [1.54, 1.807) is 18.3 Å². The van der Waals surface area contributed by atoms with Crippen LogP contribution >= 0.6 is 12.4 Å². The summed E-state index contributed by atoms with van der Waals surface area (Å²) in [7, 11) is -3.47. The molecule has 0 saturated carbocycles. The van der Waals surface area contributed by atoms with E-state index in [4.69, 9.17) is 5.73 Å². The van der Waals surface area contributed by atoms with Gasteiger partial charge in [0.1, 0.15) is 4.90 Å². The molecule has 1 saturated heterocycles. The fourth-order valence-corrected chi connectivity index (χ4v) is 4.23. The minimum absolute atomic E-state index is 0. The molecule has 2 heterocycles. The highest BCUT2D eigenvalue weighted by atomic mass is 35.5. The molecule has 1 aliphatic heterocycles. The van der Waals surface area contributed by atoms with Crippen LogP contribution in [0.5, 0.6) is 0 Å². The van der Waals surface area contributed by atoms with Crippen molar-refractivity contribution in [3.05, 3.63) is 24.5 Å². The molecule has 0 aliphatic carbocycles. The SMILES string of the molecule is CC1CCCN(S(=O)(=O)c2cccnc2)C1CN.Cl. The van der Waals surface area contributed by atoms with Crippen molar-refractivity contribution in [3.63, 3.8) is 0 Å². The molecule has 2 N–H and O–H groups in total. The van der Waals surface area contributed by atoms with Crippen molar-refractivity contribution < 1.29 is 8.42 Å². The monoisotopic (exact) mass is 305 g/mol. The molecule has 2 unspecified atom stereocenters. The molecule has 1 aliphatic rings. The third kappa shape index (κ3) is 3.25. The first-order chi connectivity index (χ1) is 8.57. The zero-order chi connectivity index (χ0) is 13.2. The highest BCUT2D eigenvalue weighted by molar-refractivity contribution is 7.89. The van der Waals surface area contributed by atoms with Gasteiger partial charge in [-0.2, -0.15) is 4.31 Å². The summed E-state index contributed by atoms with van der Waals surface area (Å²) in [5.74, 6) is 0.301. The summed E-state index contributed by atoms with van der Waals surface area (Å²) in [5, 5.41) is 0. The molecule has 1 fully saturated rings. The summed E-state index contributed by atoms with van der Waals surface area (Å²) in [5.41, 5.74) is 5.74. The van der Waals surface area contributed by atoms with E-state index in [9.17, 15) is 8.42 Å². The van der Waals surface area contributed by atoms with Gasteiger partial charge in [-0.05, 0) is 30.9 Å². The first kappa shape index (κ1) is 16.4. The molecular weight excluding hydrogens is 286 g/mol. The molecular formula is C12H20ClN3O2S. The highest BCUT2D eigenvalue weighted by Crippen LogP contribution is 2.28. The van der Waals surface area contributed by atoms with Crippen LogP contribution in [0.15, 0.2) is 29.4 Å². The van der Waals surface area contributed by atoms with Crippen molar-refractivity contribution in [1.29, 1.82) is 0 Å². The van der Waals surface area contributed by atoms with Gasteiger partial charge in [0, 0.05) is 31.5 Å². The summed E-state index contributed by atoms with van der Waals surface area (Å²) in [6.07, 6.45) is 4.87. The Morgan fingerprint density at radius 3 is 2.84 bits per heavy atom. The van der Waals surface area contributed by atoms with E-state index in [0.717, 1.165) is 12.8 Å². The summed E-state index contributed by atoms with van der Waals surface area (Å²) in [6.45, 7) is 2.96. The van der Waals surface area contributed by atoms with Gasteiger partial charge in [-0.3, -0.25) is 4.98 Å². The summed E-state index contributed by atoms with van der Waals surface area (Å²) in [6, 6.07) is 3.11. The molecule has 0 aromatic carbocycles. The van der Waals surface area contributed by atoms with Crippen LogP contribution in [0.2, 0.25) is 0 Å². The number of aromatic nitrogens is 1. The number of hydrogen-bond acceptors (Lipinski definition) is 4. The Balaban J connectivity index is 0.00000180. The lowest BCUT2D eigenvalue weighted by Crippen LogP contribution is -2.51. The molecule has 19 heavy (non-hydrogen) atoms. The molecule has 5 nitrogen and oxygen atoms in total. The minimum Gasteiger partial charge on any atom is -0.329 e. The van der Waals surface area contributed by atoms with Gasteiger partial charge in [-0.25, -0.2) is 8.42 Å². The molecule has 0 amide bonds. The van der Waals surface area contributed by atoms with Crippen molar-refractivity contribution in [1.82, 2.24) is 9.29 Å². The molecule has 1 aromatic heterocycles. The van der Waals surface area contributed by atoms with Crippen LogP contribution in [0.25, 0.3) is 0 Å². The van der Waals surface area contributed by atoms with Crippen molar-refractivity contribution in [2.75, 3.05) is 13.1 Å². The molecule has 0 spiro atoms. The molecule has 2 rings (SSSR count). The third-order valence-electron chi connectivity index (χ3n) is 3.55. The maximum atomic E-state index is 12.5. The van der Waals surface area contributed by atoms with E-state index in [0.29, 0.717) is 19.0 Å². The number of pyridine rings is 1. The summed E-state index contributed by atoms with van der Waals surface area (Å²) >= 11 is 0. The van der Waals surface area contributed by atoms with Crippen LogP contribution in [0, 0.1) is 5.92 Å². The van der Waals surface area contributed by atoms with Gasteiger partial charge in [0.05, 0.1) is 0 Å². The Labute approximate surface area is 120 Å².